The molecule has 0 fully saturated rings. The molecule has 3 aromatic rings. The Balaban J connectivity index is 2.20. The van der Waals surface area contributed by atoms with Crippen LogP contribution < -0.4 is 0 Å². The summed E-state index contributed by atoms with van der Waals surface area (Å²) in [6.45, 7) is 1.93. The molecule has 0 N–H and O–H groups in total. The van der Waals surface area contributed by atoms with Gasteiger partial charge in [-0.1, -0.05) is 48.0 Å². The van der Waals surface area contributed by atoms with Crippen molar-refractivity contribution >= 4 is 34.0 Å². The van der Waals surface area contributed by atoms with Gasteiger partial charge in [-0.05, 0) is 47.2 Å². The van der Waals surface area contributed by atoms with E-state index < -0.39 is 5.38 Å². The zero-order valence-electron chi connectivity index (χ0n) is 11.4. The zero-order valence-corrected chi connectivity index (χ0v) is 12.9. The molecule has 21 heavy (non-hydrogen) atoms. The Morgan fingerprint density at radius 2 is 1.62 bits per heavy atom. The van der Waals surface area contributed by atoms with Crippen molar-refractivity contribution < 1.29 is 4.39 Å². The summed E-state index contributed by atoms with van der Waals surface area (Å²) in [5.74, 6) is -0.278. The van der Waals surface area contributed by atoms with Gasteiger partial charge in [0.05, 0.1) is 5.38 Å². The van der Waals surface area contributed by atoms with Gasteiger partial charge in [0, 0.05) is 10.4 Å². The van der Waals surface area contributed by atoms with Crippen LogP contribution in [0.25, 0.3) is 10.8 Å². The molecule has 0 saturated heterocycles. The van der Waals surface area contributed by atoms with Crippen LogP contribution in [0.4, 0.5) is 4.39 Å². The highest BCUT2D eigenvalue weighted by Gasteiger charge is 2.17. The molecule has 0 spiro atoms. The number of rotatable bonds is 2. The van der Waals surface area contributed by atoms with Crippen LogP contribution in [0.2, 0.25) is 5.02 Å². The Morgan fingerprint density at radius 1 is 0.905 bits per heavy atom. The molecule has 0 nitrogen and oxygen atoms in total. The summed E-state index contributed by atoms with van der Waals surface area (Å²) >= 11 is 12.9. The maximum atomic E-state index is 13.5. The number of hydrogen-bond donors (Lipinski definition) is 0. The van der Waals surface area contributed by atoms with Crippen molar-refractivity contribution in [1.29, 1.82) is 0 Å². The van der Waals surface area contributed by atoms with E-state index >= 15 is 0 Å². The van der Waals surface area contributed by atoms with Gasteiger partial charge < -0.3 is 0 Å². The molecule has 0 aromatic heterocycles. The lowest BCUT2D eigenvalue weighted by Crippen LogP contribution is -1.98. The predicted octanol–water partition coefficient (Wildman–Crippen LogP) is 6.27. The van der Waals surface area contributed by atoms with Gasteiger partial charge in [0.25, 0.3) is 0 Å². The van der Waals surface area contributed by atoms with E-state index in [0.717, 1.165) is 27.5 Å². The van der Waals surface area contributed by atoms with E-state index in [1.807, 2.05) is 43.3 Å². The Morgan fingerprint density at radius 3 is 2.38 bits per heavy atom. The minimum absolute atomic E-state index is 0.278. The van der Waals surface area contributed by atoms with Crippen LogP contribution in [0.15, 0.2) is 54.6 Å². The van der Waals surface area contributed by atoms with Crippen LogP contribution >= 0.6 is 23.2 Å². The van der Waals surface area contributed by atoms with Crippen LogP contribution in [0.5, 0.6) is 0 Å². The molecule has 0 aliphatic rings. The normalized spacial score (nSPS) is 12.6. The van der Waals surface area contributed by atoms with Crippen molar-refractivity contribution in [3.05, 3.63) is 82.1 Å². The van der Waals surface area contributed by atoms with Crippen LogP contribution in [0, 0.1) is 12.7 Å². The highest BCUT2D eigenvalue weighted by Crippen LogP contribution is 2.37. The topological polar surface area (TPSA) is 0 Å². The van der Waals surface area contributed by atoms with Crippen molar-refractivity contribution in [3.63, 3.8) is 0 Å². The van der Waals surface area contributed by atoms with E-state index in [1.165, 1.54) is 12.1 Å². The van der Waals surface area contributed by atoms with Gasteiger partial charge >= 0.3 is 0 Å². The Hall–Kier alpha value is -1.57. The lowest BCUT2D eigenvalue weighted by molar-refractivity contribution is 0.625. The van der Waals surface area contributed by atoms with E-state index in [0.29, 0.717) is 5.02 Å². The van der Waals surface area contributed by atoms with Gasteiger partial charge in [0.15, 0.2) is 0 Å². The first kappa shape index (κ1) is 14.4. The minimum atomic E-state index is -0.414. The molecule has 3 heteroatoms. The molecule has 3 rings (SSSR count). The number of aryl methyl sites for hydroxylation is 1. The molecule has 106 valence electrons. The van der Waals surface area contributed by atoms with Crippen LogP contribution in [-0.4, -0.2) is 0 Å². The molecule has 0 heterocycles. The average Bonchev–Trinajstić information content (AvgIpc) is 2.50. The Labute approximate surface area is 133 Å². The molecule has 1 unspecified atom stereocenters. The quantitative estimate of drug-likeness (QED) is 0.488. The first-order valence-corrected chi connectivity index (χ1v) is 7.46. The summed E-state index contributed by atoms with van der Waals surface area (Å²) in [6.07, 6.45) is 0. The van der Waals surface area contributed by atoms with Crippen LogP contribution in [0.1, 0.15) is 22.1 Å². The first-order valence-electron chi connectivity index (χ1n) is 6.65. The van der Waals surface area contributed by atoms with Gasteiger partial charge in [-0.2, -0.15) is 0 Å². The van der Waals surface area contributed by atoms with E-state index in [-0.39, 0.29) is 5.82 Å². The van der Waals surface area contributed by atoms with Gasteiger partial charge in [-0.25, -0.2) is 4.39 Å². The molecule has 0 radical (unpaired) electrons. The Kier molecular flexibility index (Phi) is 3.88. The maximum Gasteiger partial charge on any atom is 0.123 e. The summed E-state index contributed by atoms with van der Waals surface area (Å²) in [5, 5.41) is 2.22. The third-order valence-electron chi connectivity index (χ3n) is 3.69. The number of fused-ring (bicyclic) bond motifs is 1. The van der Waals surface area contributed by atoms with Gasteiger partial charge in [0.1, 0.15) is 5.82 Å². The maximum absolute atomic E-state index is 13.5. The van der Waals surface area contributed by atoms with Gasteiger partial charge in [-0.15, -0.1) is 11.6 Å². The lowest BCUT2D eigenvalue weighted by Gasteiger charge is -2.16. The summed E-state index contributed by atoms with van der Waals surface area (Å²) in [7, 11) is 0. The van der Waals surface area contributed by atoms with Crippen molar-refractivity contribution in [2.75, 3.05) is 0 Å². The SMILES string of the molecule is Cc1ccc(F)cc1C(Cl)c1ccc(Cl)c2ccccc12. The van der Waals surface area contributed by atoms with Crippen LogP contribution in [-0.2, 0) is 0 Å². The fourth-order valence-corrected chi connectivity index (χ4v) is 3.21. The average molecular weight is 319 g/mol. The third kappa shape index (κ3) is 2.64. The molecule has 1 atom stereocenters. The van der Waals surface area contributed by atoms with E-state index in [1.54, 1.807) is 6.07 Å². The molecule has 0 amide bonds. The van der Waals surface area contributed by atoms with Crippen molar-refractivity contribution in [2.24, 2.45) is 0 Å². The van der Waals surface area contributed by atoms with E-state index in [9.17, 15) is 4.39 Å². The zero-order chi connectivity index (χ0) is 15.0. The molecule has 0 aliphatic heterocycles. The fourth-order valence-electron chi connectivity index (χ4n) is 2.56. The molecule has 0 bridgehead atoms. The highest BCUT2D eigenvalue weighted by atomic mass is 35.5. The predicted molar refractivity (Wildman–Crippen MR) is 87.8 cm³/mol. The molecule has 0 aliphatic carbocycles. The smallest absolute Gasteiger partial charge is 0.123 e. The Bertz CT molecular complexity index is 811. The van der Waals surface area contributed by atoms with Crippen LogP contribution in [0.3, 0.4) is 0 Å². The fraction of sp³-hybridized carbons (Fsp3) is 0.111. The second kappa shape index (κ2) is 5.67. The van der Waals surface area contributed by atoms with Crippen molar-refractivity contribution in [2.45, 2.75) is 12.3 Å². The summed E-state index contributed by atoms with van der Waals surface area (Å²) < 4.78 is 13.5. The van der Waals surface area contributed by atoms with Crippen molar-refractivity contribution in [3.8, 4) is 0 Å². The summed E-state index contributed by atoms with van der Waals surface area (Å²) in [6, 6.07) is 16.3. The van der Waals surface area contributed by atoms with Gasteiger partial charge in [-0.3, -0.25) is 0 Å². The minimum Gasteiger partial charge on any atom is -0.207 e. The van der Waals surface area contributed by atoms with E-state index in [2.05, 4.69) is 0 Å². The van der Waals surface area contributed by atoms with E-state index in [4.69, 9.17) is 23.2 Å². The number of hydrogen-bond acceptors (Lipinski definition) is 0. The second-order valence-corrected chi connectivity index (χ2v) is 5.89. The number of halogens is 3. The van der Waals surface area contributed by atoms with Crippen molar-refractivity contribution in [1.82, 2.24) is 0 Å². The summed E-state index contributed by atoms with van der Waals surface area (Å²) in [4.78, 5) is 0. The number of alkyl halides is 1. The number of benzene rings is 3. The molecule has 3 aromatic carbocycles. The largest absolute Gasteiger partial charge is 0.207 e. The standard InChI is InChI=1S/C18H13Cl2F/c1-11-6-7-12(21)10-16(11)18(20)15-8-9-17(19)14-5-3-2-4-13(14)15/h2-10,18H,1H3. The summed E-state index contributed by atoms with van der Waals surface area (Å²) in [5.41, 5.74) is 2.69. The molecular weight excluding hydrogens is 306 g/mol. The molecule has 0 saturated carbocycles. The molecular formula is C18H13Cl2F. The first-order chi connectivity index (χ1) is 10.1. The second-order valence-electron chi connectivity index (χ2n) is 5.05. The third-order valence-corrected chi connectivity index (χ3v) is 4.49. The highest BCUT2D eigenvalue weighted by molar-refractivity contribution is 6.36. The monoisotopic (exact) mass is 318 g/mol. The van der Waals surface area contributed by atoms with Gasteiger partial charge in [0.2, 0.25) is 0 Å². The lowest BCUT2D eigenvalue weighted by atomic mass is 9.95.